The number of thiazole rings is 1. The minimum absolute atomic E-state index is 0.327. The Morgan fingerprint density at radius 3 is 2.68 bits per heavy atom. The molecule has 0 atom stereocenters. The molecule has 102 valence electrons. The van der Waals surface area contributed by atoms with E-state index < -0.39 is 0 Å². The summed E-state index contributed by atoms with van der Waals surface area (Å²) in [6, 6.07) is 0. The lowest BCUT2D eigenvalue weighted by Crippen LogP contribution is -2.11. The fourth-order valence-corrected chi connectivity index (χ4v) is 2.46. The van der Waals surface area contributed by atoms with E-state index in [1.54, 1.807) is 11.3 Å². The van der Waals surface area contributed by atoms with E-state index in [4.69, 9.17) is 4.98 Å². The van der Waals surface area contributed by atoms with Crippen LogP contribution in [0.5, 0.6) is 0 Å². The third kappa shape index (κ3) is 3.29. The van der Waals surface area contributed by atoms with E-state index in [1.165, 1.54) is 0 Å². The highest BCUT2D eigenvalue weighted by Gasteiger charge is 2.13. The van der Waals surface area contributed by atoms with Crippen molar-refractivity contribution < 1.29 is 0 Å². The molecule has 0 amide bonds. The minimum Gasteiger partial charge on any atom is -0.370 e. The highest BCUT2D eigenvalue weighted by atomic mass is 32.1. The maximum absolute atomic E-state index is 4.71. The first-order valence-electron chi connectivity index (χ1n) is 6.61. The van der Waals surface area contributed by atoms with Gasteiger partial charge in [0.25, 0.3) is 0 Å². The van der Waals surface area contributed by atoms with Gasteiger partial charge in [-0.2, -0.15) is 0 Å². The molecule has 0 spiro atoms. The van der Waals surface area contributed by atoms with Gasteiger partial charge in [-0.25, -0.2) is 15.0 Å². The van der Waals surface area contributed by atoms with Crippen molar-refractivity contribution in [3.63, 3.8) is 0 Å². The summed E-state index contributed by atoms with van der Waals surface area (Å²) in [5.41, 5.74) is 2.20. The number of nitrogens with one attached hydrogen (secondary N) is 1. The molecule has 1 N–H and O–H groups in total. The van der Waals surface area contributed by atoms with Crippen molar-refractivity contribution in [2.75, 3.05) is 11.9 Å². The van der Waals surface area contributed by atoms with E-state index in [2.05, 4.69) is 43.0 Å². The summed E-state index contributed by atoms with van der Waals surface area (Å²) in [4.78, 5) is 13.7. The molecule has 4 nitrogen and oxygen atoms in total. The predicted octanol–water partition coefficient (Wildman–Crippen LogP) is 3.39. The zero-order valence-corrected chi connectivity index (χ0v) is 12.7. The summed E-state index contributed by atoms with van der Waals surface area (Å²) in [5, 5.41) is 6.42. The molecule has 5 heteroatoms. The van der Waals surface area contributed by atoms with Gasteiger partial charge in [0.2, 0.25) is 0 Å². The molecule has 2 rings (SSSR count). The predicted molar refractivity (Wildman–Crippen MR) is 79.9 cm³/mol. The molecule has 0 saturated carbocycles. The normalized spacial score (nSPS) is 11.0. The van der Waals surface area contributed by atoms with Crippen LogP contribution in [0.25, 0.3) is 0 Å². The first-order valence-corrected chi connectivity index (χ1v) is 7.49. The Labute approximate surface area is 118 Å². The lowest BCUT2D eigenvalue weighted by molar-refractivity contribution is 0.757. The molecule has 0 aliphatic heterocycles. The van der Waals surface area contributed by atoms with Crippen LogP contribution >= 0.6 is 11.3 Å². The maximum Gasteiger partial charge on any atom is 0.133 e. The highest BCUT2D eigenvalue weighted by molar-refractivity contribution is 7.09. The molecule has 2 heterocycles. The van der Waals surface area contributed by atoms with Gasteiger partial charge in [-0.1, -0.05) is 13.8 Å². The number of aromatic nitrogens is 3. The largest absolute Gasteiger partial charge is 0.370 e. The van der Waals surface area contributed by atoms with Gasteiger partial charge < -0.3 is 5.32 Å². The summed E-state index contributed by atoms with van der Waals surface area (Å²) >= 11 is 1.67. The number of hydrogen-bond acceptors (Lipinski definition) is 5. The lowest BCUT2D eigenvalue weighted by Gasteiger charge is -2.14. The van der Waals surface area contributed by atoms with Crippen molar-refractivity contribution >= 4 is 17.2 Å². The van der Waals surface area contributed by atoms with E-state index in [-0.39, 0.29) is 0 Å². The molecule has 0 radical (unpaired) electrons. The van der Waals surface area contributed by atoms with Crippen LogP contribution in [-0.2, 0) is 6.42 Å². The molecule has 2 aromatic heterocycles. The van der Waals surface area contributed by atoms with Crippen molar-refractivity contribution in [3.8, 4) is 0 Å². The summed E-state index contributed by atoms with van der Waals surface area (Å²) in [6.07, 6.45) is 2.62. The van der Waals surface area contributed by atoms with Crippen molar-refractivity contribution in [1.29, 1.82) is 0 Å². The number of anilines is 1. The molecule has 2 aromatic rings. The Morgan fingerprint density at radius 2 is 2.11 bits per heavy atom. The standard InChI is InChI=1S/C14H20N4S/c1-5-15-14-10(4)11(8-12-16-6-7-19-12)17-13(18-14)9(2)3/h6-7,9H,5,8H2,1-4H3,(H,15,17,18). The Hall–Kier alpha value is -1.49. The molecule has 19 heavy (non-hydrogen) atoms. The Morgan fingerprint density at radius 1 is 1.32 bits per heavy atom. The van der Waals surface area contributed by atoms with Crippen LogP contribution in [0.15, 0.2) is 11.6 Å². The highest BCUT2D eigenvalue weighted by Crippen LogP contribution is 2.22. The fourth-order valence-electron chi connectivity index (χ4n) is 1.84. The second-order valence-corrected chi connectivity index (χ2v) is 5.77. The van der Waals surface area contributed by atoms with Gasteiger partial charge in [0.05, 0.1) is 10.7 Å². The molecule has 0 unspecified atom stereocenters. The van der Waals surface area contributed by atoms with Crippen LogP contribution < -0.4 is 5.32 Å². The second-order valence-electron chi connectivity index (χ2n) is 4.79. The van der Waals surface area contributed by atoms with Crippen molar-refractivity contribution in [2.45, 2.75) is 40.0 Å². The topological polar surface area (TPSA) is 50.7 Å². The maximum atomic E-state index is 4.71. The van der Waals surface area contributed by atoms with Crippen molar-refractivity contribution in [2.24, 2.45) is 0 Å². The van der Waals surface area contributed by atoms with Crippen LogP contribution in [0, 0.1) is 6.92 Å². The van der Waals surface area contributed by atoms with Gasteiger partial charge in [-0.3, -0.25) is 0 Å². The van der Waals surface area contributed by atoms with E-state index >= 15 is 0 Å². The molecule has 0 bridgehead atoms. The van der Waals surface area contributed by atoms with E-state index in [9.17, 15) is 0 Å². The van der Waals surface area contributed by atoms with Crippen LogP contribution in [0.1, 0.15) is 48.8 Å². The average molecular weight is 276 g/mol. The summed E-state index contributed by atoms with van der Waals surface area (Å²) in [7, 11) is 0. The Bertz CT molecular complexity index is 535. The van der Waals surface area contributed by atoms with E-state index in [1.807, 2.05) is 11.6 Å². The van der Waals surface area contributed by atoms with Gasteiger partial charge in [0, 0.05) is 36.0 Å². The zero-order valence-electron chi connectivity index (χ0n) is 11.9. The van der Waals surface area contributed by atoms with Gasteiger partial charge in [0.15, 0.2) is 0 Å². The molecule has 0 aromatic carbocycles. The summed E-state index contributed by atoms with van der Waals surface area (Å²) in [6.45, 7) is 9.26. The molecule has 0 aliphatic rings. The minimum atomic E-state index is 0.327. The van der Waals surface area contributed by atoms with Crippen LogP contribution in [0.3, 0.4) is 0 Å². The fraction of sp³-hybridized carbons (Fsp3) is 0.500. The van der Waals surface area contributed by atoms with E-state index in [0.717, 1.165) is 40.9 Å². The summed E-state index contributed by atoms with van der Waals surface area (Å²) < 4.78 is 0. The quantitative estimate of drug-likeness (QED) is 0.909. The van der Waals surface area contributed by atoms with Crippen LogP contribution in [0.2, 0.25) is 0 Å². The number of hydrogen-bond donors (Lipinski definition) is 1. The molecule has 0 aliphatic carbocycles. The molecular weight excluding hydrogens is 256 g/mol. The zero-order chi connectivity index (χ0) is 13.8. The average Bonchev–Trinajstić information content (AvgIpc) is 2.87. The van der Waals surface area contributed by atoms with Gasteiger partial charge >= 0.3 is 0 Å². The second kappa shape index (κ2) is 6.10. The Kier molecular flexibility index (Phi) is 4.47. The van der Waals surface area contributed by atoms with Gasteiger partial charge in [-0.05, 0) is 13.8 Å². The lowest BCUT2D eigenvalue weighted by atomic mass is 10.1. The molecule has 0 fully saturated rings. The smallest absolute Gasteiger partial charge is 0.133 e. The number of nitrogens with zero attached hydrogens (tertiary/aromatic N) is 3. The first-order chi connectivity index (χ1) is 9.11. The SMILES string of the molecule is CCNc1nc(C(C)C)nc(Cc2nccs2)c1C. The Balaban J connectivity index is 2.39. The van der Waals surface area contributed by atoms with Gasteiger partial charge in [-0.15, -0.1) is 11.3 Å². The number of rotatable bonds is 5. The van der Waals surface area contributed by atoms with E-state index in [0.29, 0.717) is 5.92 Å². The molecule has 0 saturated heterocycles. The van der Waals surface area contributed by atoms with Crippen molar-refractivity contribution in [1.82, 2.24) is 15.0 Å². The van der Waals surface area contributed by atoms with Gasteiger partial charge in [0.1, 0.15) is 11.6 Å². The van der Waals surface area contributed by atoms with Crippen LogP contribution in [-0.4, -0.2) is 21.5 Å². The third-order valence-corrected chi connectivity index (χ3v) is 3.71. The third-order valence-electron chi connectivity index (χ3n) is 2.93. The monoisotopic (exact) mass is 276 g/mol. The first kappa shape index (κ1) is 13.9. The molecular formula is C14H20N4S. The van der Waals surface area contributed by atoms with Crippen LogP contribution in [0.4, 0.5) is 5.82 Å². The van der Waals surface area contributed by atoms with Crippen molar-refractivity contribution in [3.05, 3.63) is 33.7 Å². The summed E-state index contributed by atoms with van der Waals surface area (Å²) in [5.74, 6) is 2.17.